The Labute approximate surface area is 175 Å². The Bertz CT molecular complexity index is 764. The van der Waals surface area contributed by atoms with Crippen LogP contribution in [0.5, 0.6) is 11.5 Å². The zero-order valence-corrected chi connectivity index (χ0v) is 18.0. The summed E-state index contributed by atoms with van der Waals surface area (Å²) in [5.41, 5.74) is 2.80. The van der Waals surface area contributed by atoms with Gasteiger partial charge in [-0.05, 0) is 49.3 Å². The third-order valence-corrected chi connectivity index (χ3v) is 7.10. The molecular weight excluding hydrogens is 360 g/mol. The lowest BCUT2D eigenvalue weighted by Gasteiger charge is -2.38. The van der Waals surface area contributed by atoms with Crippen LogP contribution in [-0.2, 0) is 6.54 Å². The first-order valence-corrected chi connectivity index (χ1v) is 11.2. The van der Waals surface area contributed by atoms with E-state index in [1.54, 1.807) is 24.7 Å². The Hall–Kier alpha value is -2.04. The molecule has 0 unspecified atom stereocenters. The molecule has 0 spiro atoms. The van der Waals surface area contributed by atoms with Gasteiger partial charge in [-0.15, -0.1) is 0 Å². The van der Waals surface area contributed by atoms with Crippen LogP contribution in [0.15, 0.2) is 48.5 Å². The van der Waals surface area contributed by atoms with E-state index in [-0.39, 0.29) is 0 Å². The van der Waals surface area contributed by atoms with E-state index in [9.17, 15) is 0 Å². The van der Waals surface area contributed by atoms with E-state index >= 15 is 0 Å². The molecule has 2 fully saturated rings. The Morgan fingerprint density at radius 2 is 1.52 bits per heavy atom. The number of piperazine rings is 1. The number of hydrogen-bond donors (Lipinski definition) is 2. The van der Waals surface area contributed by atoms with Crippen molar-refractivity contribution in [2.45, 2.75) is 44.2 Å². The molecule has 1 aliphatic heterocycles. The number of para-hydroxylation sites is 1. The third-order valence-electron chi connectivity index (χ3n) is 7.10. The van der Waals surface area contributed by atoms with Crippen LogP contribution < -0.4 is 19.3 Å². The molecule has 1 saturated heterocycles. The van der Waals surface area contributed by atoms with Crippen LogP contribution in [-0.4, -0.2) is 46.4 Å². The quantitative estimate of drug-likeness (QED) is 0.778. The fourth-order valence-corrected chi connectivity index (χ4v) is 5.43. The molecule has 0 bridgehead atoms. The van der Waals surface area contributed by atoms with Crippen molar-refractivity contribution in [1.82, 2.24) is 0 Å². The van der Waals surface area contributed by atoms with Gasteiger partial charge in [0.2, 0.25) is 0 Å². The lowest BCUT2D eigenvalue weighted by atomic mass is 9.81. The molecule has 2 N–H and O–H groups in total. The van der Waals surface area contributed by atoms with E-state index < -0.39 is 0 Å². The highest BCUT2D eigenvalue weighted by atomic mass is 16.5. The van der Waals surface area contributed by atoms with Crippen LogP contribution in [0.3, 0.4) is 0 Å². The average Bonchev–Trinajstić information content (AvgIpc) is 2.80. The fourth-order valence-electron chi connectivity index (χ4n) is 5.43. The zero-order chi connectivity index (χ0) is 20.1. The number of benzene rings is 2. The van der Waals surface area contributed by atoms with Crippen LogP contribution in [0.2, 0.25) is 0 Å². The molecular formula is C25H36N2O2+2. The highest BCUT2D eigenvalue weighted by molar-refractivity contribution is 5.46. The topological polar surface area (TPSA) is 27.3 Å². The Morgan fingerprint density at radius 3 is 2.17 bits per heavy atom. The molecule has 2 aromatic carbocycles. The second kappa shape index (κ2) is 9.64. The highest BCUT2D eigenvalue weighted by Gasteiger charge is 2.33. The number of ether oxygens (including phenoxy) is 2. The molecule has 0 atom stereocenters. The van der Waals surface area contributed by atoms with Gasteiger partial charge in [0.25, 0.3) is 0 Å². The van der Waals surface area contributed by atoms with Crippen molar-refractivity contribution in [3.63, 3.8) is 0 Å². The summed E-state index contributed by atoms with van der Waals surface area (Å²) >= 11 is 0. The number of nitrogens with one attached hydrogen (secondary N) is 2. The van der Waals surface area contributed by atoms with Gasteiger partial charge in [0, 0.05) is 0 Å². The van der Waals surface area contributed by atoms with Crippen molar-refractivity contribution in [3.05, 3.63) is 59.7 Å². The van der Waals surface area contributed by atoms with Crippen LogP contribution in [0.1, 0.15) is 42.7 Å². The van der Waals surface area contributed by atoms with Crippen molar-refractivity contribution < 1.29 is 19.3 Å². The van der Waals surface area contributed by atoms with Gasteiger partial charge in [-0.1, -0.05) is 36.4 Å². The standard InChI is InChI=1S/C25H34N2O2/c1-28-24-10-6-9-22(25(24)29-2)19-26-15-17-27(18-16-26)23-13-11-21(12-14-23)20-7-4-3-5-8-20/h3-10,21,23H,11-19H2,1-2H3/p+2. The van der Waals surface area contributed by atoms with E-state index in [1.807, 2.05) is 11.0 Å². The summed E-state index contributed by atoms with van der Waals surface area (Å²) in [5.74, 6) is 2.51. The molecule has 0 amide bonds. The van der Waals surface area contributed by atoms with Gasteiger partial charge in [0.15, 0.2) is 11.5 Å². The van der Waals surface area contributed by atoms with Crippen molar-refractivity contribution in [2.75, 3.05) is 40.4 Å². The SMILES string of the molecule is COc1cccc(C[NH+]2CC[NH+](C3CCC(c4ccccc4)CC3)CC2)c1OC. The highest BCUT2D eigenvalue weighted by Crippen LogP contribution is 2.32. The monoisotopic (exact) mass is 396 g/mol. The van der Waals surface area contributed by atoms with Crippen molar-refractivity contribution in [3.8, 4) is 11.5 Å². The summed E-state index contributed by atoms with van der Waals surface area (Å²) in [6.45, 7) is 6.10. The second-order valence-electron chi connectivity index (χ2n) is 8.70. The molecule has 4 rings (SSSR count). The maximum Gasteiger partial charge on any atom is 0.169 e. The molecule has 0 aromatic heterocycles. The van der Waals surface area contributed by atoms with Gasteiger partial charge in [-0.2, -0.15) is 0 Å². The fraction of sp³-hybridized carbons (Fsp3) is 0.520. The first-order valence-electron chi connectivity index (χ1n) is 11.2. The molecule has 4 nitrogen and oxygen atoms in total. The van der Waals surface area contributed by atoms with E-state index in [0.29, 0.717) is 0 Å². The summed E-state index contributed by atoms with van der Waals surface area (Å²) in [6, 6.07) is 18.2. The third kappa shape index (κ3) is 4.76. The average molecular weight is 397 g/mol. The minimum absolute atomic E-state index is 0.777. The maximum atomic E-state index is 5.63. The molecule has 1 aliphatic carbocycles. The van der Waals surface area contributed by atoms with Crippen molar-refractivity contribution in [1.29, 1.82) is 0 Å². The lowest BCUT2D eigenvalue weighted by Crippen LogP contribution is -3.29. The minimum atomic E-state index is 0.777. The summed E-state index contributed by atoms with van der Waals surface area (Å²) < 4.78 is 11.1. The zero-order valence-electron chi connectivity index (χ0n) is 18.0. The Balaban J connectivity index is 1.27. The first kappa shape index (κ1) is 20.2. The lowest BCUT2D eigenvalue weighted by molar-refractivity contribution is -1.03. The maximum absolute atomic E-state index is 5.63. The number of hydrogen-bond acceptors (Lipinski definition) is 2. The number of quaternary nitrogens is 2. The minimum Gasteiger partial charge on any atom is -0.493 e. The number of rotatable bonds is 6. The molecule has 4 heteroatoms. The summed E-state index contributed by atoms with van der Waals surface area (Å²) in [6.07, 6.45) is 5.48. The van der Waals surface area contributed by atoms with Gasteiger partial charge in [0.1, 0.15) is 32.7 Å². The van der Waals surface area contributed by atoms with Crippen LogP contribution in [0.25, 0.3) is 0 Å². The van der Waals surface area contributed by atoms with Gasteiger partial charge < -0.3 is 19.3 Å². The summed E-state index contributed by atoms with van der Waals surface area (Å²) in [7, 11) is 3.45. The molecule has 2 aromatic rings. The Morgan fingerprint density at radius 1 is 0.793 bits per heavy atom. The summed E-state index contributed by atoms with van der Waals surface area (Å²) in [5, 5.41) is 0. The number of methoxy groups -OCH3 is 2. The van der Waals surface area contributed by atoms with Crippen molar-refractivity contribution in [2.24, 2.45) is 0 Å². The molecule has 29 heavy (non-hydrogen) atoms. The predicted octanol–water partition coefficient (Wildman–Crippen LogP) is 1.71. The molecule has 1 heterocycles. The van der Waals surface area contributed by atoms with E-state index in [0.717, 1.165) is 30.0 Å². The first-order chi connectivity index (χ1) is 14.3. The predicted molar refractivity (Wildman–Crippen MR) is 116 cm³/mol. The molecule has 156 valence electrons. The normalized spacial score (nSPS) is 27.4. The molecule has 2 aliphatic rings. The smallest absolute Gasteiger partial charge is 0.169 e. The largest absolute Gasteiger partial charge is 0.493 e. The van der Waals surface area contributed by atoms with E-state index in [4.69, 9.17) is 9.47 Å². The van der Waals surface area contributed by atoms with Crippen LogP contribution in [0, 0.1) is 0 Å². The van der Waals surface area contributed by atoms with E-state index in [2.05, 4.69) is 42.5 Å². The second-order valence-corrected chi connectivity index (χ2v) is 8.70. The Kier molecular flexibility index (Phi) is 6.73. The van der Waals surface area contributed by atoms with Crippen molar-refractivity contribution >= 4 is 0 Å². The van der Waals surface area contributed by atoms with Crippen LogP contribution >= 0.6 is 0 Å². The summed E-state index contributed by atoms with van der Waals surface area (Å²) in [4.78, 5) is 3.51. The van der Waals surface area contributed by atoms with E-state index in [1.165, 1.54) is 57.4 Å². The molecule has 0 radical (unpaired) electrons. The van der Waals surface area contributed by atoms with Gasteiger partial charge in [0.05, 0.1) is 25.8 Å². The molecule has 1 saturated carbocycles. The van der Waals surface area contributed by atoms with Gasteiger partial charge >= 0.3 is 0 Å². The van der Waals surface area contributed by atoms with Gasteiger partial charge in [-0.3, -0.25) is 0 Å². The van der Waals surface area contributed by atoms with Gasteiger partial charge in [-0.25, -0.2) is 0 Å². The van der Waals surface area contributed by atoms with Crippen LogP contribution in [0.4, 0.5) is 0 Å².